The molecule has 0 bridgehead atoms. The summed E-state index contributed by atoms with van der Waals surface area (Å²) in [6, 6.07) is 5.16. The van der Waals surface area contributed by atoms with Gasteiger partial charge in [-0.15, -0.1) is 0 Å². The molecule has 6 nitrogen and oxygen atoms in total. The molecule has 0 unspecified atom stereocenters. The van der Waals surface area contributed by atoms with Crippen LogP contribution in [-0.2, 0) is 21.5 Å². The van der Waals surface area contributed by atoms with Gasteiger partial charge in [-0.1, -0.05) is 26.8 Å². The Hall–Kier alpha value is -1.76. The highest BCUT2D eigenvalue weighted by atomic mass is 32.2. The number of ether oxygens (including phenoxy) is 1. The quantitative estimate of drug-likeness (QED) is 0.623. The fourth-order valence-corrected chi connectivity index (χ4v) is 2.88. The van der Waals surface area contributed by atoms with E-state index in [9.17, 15) is 13.2 Å². The predicted molar refractivity (Wildman–Crippen MR) is 98.2 cm³/mol. The lowest BCUT2D eigenvalue weighted by molar-refractivity contribution is -0.134. The van der Waals surface area contributed by atoms with Crippen LogP contribution in [0.2, 0.25) is 0 Å². The Morgan fingerprint density at radius 2 is 1.84 bits per heavy atom. The van der Waals surface area contributed by atoms with Gasteiger partial charge in [-0.25, -0.2) is 0 Å². The average Bonchev–Trinajstić information content (AvgIpc) is 2.49. The standard InChI is InChI=1S/C18H29NO5S/c1-7-14(4)19(18(20)10-13(2)3)12-15-8-9-16(23-5)17(11-15)24-25(6,21)22/h8-9,11,13-14H,7,10,12H2,1-6H3/t14-/m0/s1. The first kappa shape index (κ1) is 21.3. The normalized spacial score (nSPS) is 12.8. The van der Waals surface area contributed by atoms with Crippen molar-refractivity contribution < 1.29 is 22.1 Å². The van der Waals surface area contributed by atoms with Crippen molar-refractivity contribution in [3.05, 3.63) is 23.8 Å². The summed E-state index contributed by atoms with van der Waals surface area (Å²) < 4.78 is 33.0. The Bertz CT molecular complexity index is 685. The van der Waals surface area contributed by atoms with Gasteiger partial charge in [-0.2, -0.15) is 8.42 Å². The van der Waals surface area contributed by atoms with E-state index in [1.165, 1.54) is 7.11 Å². The van der Waals surface area contributed by atoms with Gasteiger partial charge in [0.15, 0.2) is 11.5 Å². The molecular formula is C18H29NO5S. The molecule has 0 aliphatic heterocycles. The van der Waals surface area contributed by atoms with Gasteiger partial charge in [-0.3, -0.25) is 4.79 Å². The van der Waals surface area contributed by atoms with Gasteiger partial charge in [0.05, 0.1) is 13.4 Å². The van der Waals surface area contributed by atoms with Crippen molar-refractivity contribution in [2.75, 3.05) is 13.4 Å². The number of rotatable bonds is 9. The lowest BCUT2D eigenvalue weighted by Gasteiger charge is -2.29. The molecule has 0 heterocycles. The maximum Gasteiger partial charge on any atom is 0.306 e. The Labute approximate surface area is 151 Å². The van der Waals surface area contributed by atoms with Crippen molar-refractivity contribution in [1.29, 1.82) is 0 Å². The van der Waals surface area contributed by atoms with Crippen LogP contribution in [0.15, 0.2) is 18.2 Å². The first-order valence-corrected chi connectivity index (χ1v) is 10.2. The fourth-order valence-electron chi connectivity index (χ4n) is 2.42. The van der Waals surface area contributed by atoms with Gasteiger partial charge in [0.1, 0.15) is 0 Å². The summed E-state index contributed by atoms with van der Waals surface area (Å²) in [5.41, 5.74) is 0.789. The molecule has 0 spiro atoms. The zero-order valence-electron chi connectivity index (χ0n) is 15.9. The van der Waals surface area contributed by atoms with E-state index in [-0.39, 0.29) is 23.6 Å². The van der Waals surface area contributed by atoms with Crippen molar-refractivity contribution in [3.8, 4) is 11.5 Å². The minimum absolute atomic E-state index is 0.0887. The van der Waals surface area contributed by atoms with Gasteiger partial charge in [-0.05, 0) is 37.0 Å². The third-order valence-electron chi connectivity index (χ3n) is 3.85. The zero-order valence-corrected chi connectivity index (χ0v) is 16.7. The van der Waals surface area contributed by atoms with Crippen molar-refractivity contribution in [3.63, 3.8) is 0 Å². The number of amides is 1. The first-order valence-electron chi connectivity index (χ1n) is 8.43. The number of carbonyl (C=O) groups excluding carboxylic acids is 1. The van der Waals surface area contributed by atoms with E-state index in [4.69, 9.17) is 8.92 Å². The molecule has 0 aliphatic rings. The monoisotopic (exact) mass is 371 g/mol. The van der Waals surface area contributed by atoms with Gasteiger partial charge in [0.2, 0.25) is 5.91 Å². The second-order valence-electron chi connectivity index (χ2n) is 6.65. The summed E-state index contributed by atoms with van der Waals surface area (Å²) in [5, 5.41) is 0. The van der Waals surface area contributed by atoms with Crippen LogP contribution >= 0.6 is 0 Å². The van der Waals surface area contributed by atoms with Gasteiger partial charge in [0, 0.05) is 19.0 Å². The number of hydrogen-bond donors (Lipinski definition) is 0. The molecule has 1 aromatic rings. The maximum absolute atomic E-state index is 12.6. The predicted octanol–water partition coefficient (Wildman–Crippen LogP) is 3.21. The summed E-state index contributed by atoms with van der Waals surface area (Å²) in [7, 11) is -2.22. The molecule has 0 aliphatic carbocycles. The molecule has 7 heteroatoms. The van der Waals surface area contributed by atoms with Crippen LogP contribution in [0.1, 0.15) is 46.1 Å². The Morgan fingerprint density at radius 3 is 2.32 bits per heavy atom. The minimum atomic E-state index is -3.67. The molecule has 1 atom stereocenters. The first-order chi connectivity index (χ1) is 11.6. The van der Waals surface area contributed by atoms with E-state index in [1.807, 2.05) is 38.7 Å². The third-order valence-corrected chi connectivity index (χ3v) is 4.33. The largest absolute Gasteiger partial charge is 0.493 e. The molecule has 0 saturated carbocycles. The highest BCUT2D eigenvalue weighted by Gasteiger charge is 2.21. The van der Waals surface area contributed by atoms with E-state index in [1.54, 1.807) is 12.1 Å². The van der Waals surface area contributed by atoms with E-state index >= 15 is 0 Å². The van der Waals surface area contributed by atoms with Crippen molar-refractivity contribution in [2.45, 2.75) is 53.1 Å². The highest BCUT2D eigenvalue weighted by molar-refractivity contribution is 7.86. The Kier molecular flexibility index (Phi) is 7.73. The summed E-state index contributed by atoms with van der Waals surface area (Å²) >= 11 is 0. The molecule has 142 valence electrons. The number of benzene rings is 1. The summed E-state index contributed by atoms with van der Waals surface area (Å²) in [5.74, 6) is 0.825. The van der Waals surface area contributed by atoms with Crippen molar-refractivity contribution in [2.24, 2.45) is 5.92 Å². The molecule has 1 rings (SSSR count). The number of methoxy groups -OCH3 is 1. The third kappa shape index (κ3) is 6.94. The van der Waals surface area contributed by atoms with Crippen LogP contribution in [0.3, 0.4) is 0 Å². The van der Waals surface area contributed by atoms with E-state index < -0.39 is 10.1 Å². The van der Waals surface area contributed by atoms with Crippen LogP contribution < -0.4 is 8.92 Å². The van der Waals surface area contributed by atoms with Crippen LogP contribution in [0.25, 0.3) is 0 Å². The van der Waals surface area contributed by atoms with Gasteiger partial charge >= 0.3 is 10.1 Å². The minimum Gasteiger partial charge on any atom is -0.493 e. The van der Waals surface area contributed by atoms with Crippen molar-refractivity contribution in [1.82, 2.24) is 4.90 Å². The van der Waals surface area contributed by atoms with Crippen molar-refractivity contribution >= 4 is 16.0 Å². The van der Waals surface area contributed by atoms with E-state index in [0.717, 1.165) is 18.2 Å². The van der Waals surface area contributed by atoms with Gasteiger partial charge in [0.25, 0.3) is 0 Å². The molecule has 1 aromatic carbocycles. The van der Waals surface area contributed by atoms with Crippen LogP contribution in [0.4, 0.5) is 0 Å². The number of nitrogens with zero attached hydrogens (tertiary/aromatic N) is 1. The van der Waals surface area contributed by atoms with Crippen LogP contribution in [-0.4, -0.2) is 38.6 Å². The van der Waals surface area contributed by atoms with Gasteiger partial charge < -0.3 is 13.8 Å². The number of carbonyl (C=O) groups is 1. The Balaban J connectivity index is 3.11. The second kappa shape index (κ2) is 9.08. The summed E-state index contributed by atoms with van der Waals surface area (Å²) in [6.07, 6.45) is 2.30. The average molecular weight is 371 g/mol. The highest BCUT2D eigenvalue weighted by Crippen LogP contribution is 2.30. The lowest BCUT2D eigenvalue weighted by Crippen LogP contribution is -2.38. The summed E-state index contributed by atoms with van der Waals surface area (Å²) in [6.45, 7) is 8.46. The second-order valence-corrected chi connectivity index (χ2v) is 8.22. The molecule has 0 aromatic heterocycles. The molecule has 0 saturated heterocycles. The van der Waals surface area contributed by atoms with Crippen LogP contribution in [0, 0.1) is 5.92 Å². The smallest absolute Gasteiger partial charge is 0.306 e. The molecular weight excluding hydrogens is 342 g/mol. The summed E-state index contributed by atoms with van der Waals surface area (Å²) in [4.78, 5) is 14.4. The Morgan fingerprint density at radius 1 is 1.20 bits per heavy atom. The van der Waals surface area contributed by atoms with E-state index in [2.05, 4.69) is 0 Å². The molecule has 0 N–H and O–H groups in total. The fraction of sp³-hybridized carbons (Fsp3) is 0.611. The SMILES string of the molecule is CC[C@H](C)N(Cc1ccc(OC)c(OS(C)(=O)=O)c1)C(=O)CC(C)C. The number of hydrogen-bond acceptors (Lipinski definition) is 5. The molecule has 0 radical (unpaired) electrons. The van der Waals surface area contributed by atoms with E-state index in [0.29, 0.717) is 18.7 Å². The maximum atomic E-state index is 12.6. The molecule has 0 fully saturated rings. The zero-order chi connectivity index (χ0) is 19.2. The lowest BCUT2D eigenvalue weighted by atomic mass is 10.1. The van der Waals surface area contributed by atoms with Crippen LogP contribution in [0.5, 0.6) is 11.5 Å². The topological polar surface area (TPSA) is 72.9 Å². The molecule has 25 heavy (non-hydrogen) atoms. The molecule has 1 amide bonds.